The van der Waals surface area contributed by atoms with E-state index in [1.807, 2.05) is 12.1 Å². The van der Waals surface area contributed by atoms with E-state index in [0.29, 0.717) is 0 Å². The molecule has 1 aromatic heterocycles. The summed E-state index contributed by atoms with van der Waals surface area (Å²) in [7, 11) is 0. The molecule has 0 aliphatic heterocycles. The second kappa shape index (κ2) is 4.31. The SMILES string of the molecule is C(=C\C1CCCCC1)/c1ccco1. The normalized spacial score (nSPS) is 19.7. The van der Waals surface area contributed by atoms with Crippen molar-refractivity contribution >= 4 is 6.08 Å². The van der Waals surface area contributed by atoms with Gasteiger partial charge in [0.2, 0.25) is 0 Å². The maximum absolute atomic E-state index is 5.24. The Morgan fingerprint density at radius 1 is 1.23 bits per heavy atom. The molecule has 0 spiro atoms. The second-order valence-electron chi connectivity index (χ2n) is 3.77. The minimum atomic E-state index is 0.791. The van der Waals surface area contributed by atoms with Gasteiger partial charge < -0.3 is 4.42 Å². The maximum atomic E-state index is 5.24. The summed E-state index contributed by atoms with van der Waals surface area (Å²) in [4.78, 5) is 0. The lowest BCUT2D eigenvalue weighted by Crippen LogP contribution is -2.02. The predicted molar refractivity (Wildman–Crippen MR) is 54.3 cm³/mol. The van der Waals surface area contributed by atoms with Crippen LogP contribution in [0.2, 0.25) is 0 Å². The van der Waals surface area contributed by atoms with Gasteiger partial charge >= 0.3 is 0 Å². The quantitative estimate of drug-likeness (QED) is 0.666. The lowest BCUT2D eigenvalue weighted by atomic mass is 9.89. The van der Waals surface area contributed by atoms with E-state index in [1.54, 1.807) is 6.26 Å². The number of furan rings is 1. The molecular weight excluding hydrogens is 160 g/mol. The molecule has 1 saturated carbocycles. The van der Waals surface area contributed by atoms with Gasteiger partial charge in [0, 0.05) is 0 Å². The van der Waals surface area contributed by atoms with Crippen LogP contribution in [0.5, 0.6) is 0 Å². The van der Waals surface area contributed by atoms with Crippen LogP contribution in [-0.2, 0) is 0 Å². The van der Waals surface area contributed by atoms with E-state index < -0.39 is 0 Å². The monoisotopic (exact) mass is 176 g/mol. The number of rotatable bonds is 2. The summed E-state index contributed by atoms with van der Waals surface area (Å²) in [5.74, 6) is 1.77. The van der Waals surface area contributed by atoms with Crippen LogP contribution in [0, 0.1) is 5.92 Å². The molecule has 2 rings (SSSR count). The van der Waals surface area contributed by atoms with Crippen molar-refractivity contribution in [2.75, 3.05) is 0 Å². The smallest absolute Gasteiger partial charge is 0.126 e. The molecule has 0 aromatic carbocycles. The van der Waals surface area contributed by atoms with Crippen LogP contribution in [0.3, 0.4) is 0 Å². The molecule has 1 nitrogen and oxygen atoms in total. The first kappa shape index (κ1) is 8.61. The Balaban J connectivity index is 1.89. The zero-order valence-electron chi connectivity index (χ0n) is 7.91. The Hall–Kier alpha value is -0.980. The third-order valence-electron chi connectivity index (χ3n) is 2.73. The van der Waals surface area contributed by atoms with Gasteiger partial charge in [0.05, 0.1) is 6.26 Å². The standard InChI is InChI=1S/C12H16O/c1-2-5-11(6-3-1)8-9-12-7-4-10-13-12/h4,7-11H,1-3,5-6H2/b9-8+. The molecule has 1 aliphatic carbocycles. The van der Waals surface area contributed by atoms with Crippen molar-refractivity contribution < 1.29 is 4.42 Å². The van der Waals surface area contributed by atoms with Gasteiger partial charge in [-0.1, -0.05) is 25.3 Å². The molecule has 0 unspecified atom stereocenters. The summed E-state index contributed by atoms with van der Waals surface area (Å²) in [6, 6.07) is 3.93. The minimum Gasteiger partial charge on any atom is -0.465 e. The Kier molecular flexibility index (Phi) is 2.86. The van der Waals surface area contributed by atoms with Crippen LogP contribution in [0.4, 0.5) is 0 Å². The van der Waals surface area contributed by atoms with Crippen molar-refractivity contribution in [3.05, 3.63) is 30.2 Å². The van der Waals surface area contributed by atoms with Crippen LogP contribution >= 0.6 is 0 Å². The largest absolute Gasteiger partial charge is 0.465 e. The van der Waals surface area contributed by atoms with Crippen LogP contribution in [0.1, 0.15) is 37.9 Å². The van der Waals surface area contributed by atoms with E-state index in [2.05, 4.69) is 12.2 Å². The Morgan fingerprint density at radius 3 is 2.77 bits per heavy atom. The molecule has 0 saturated heterocycles. The molecule has 1 aliphatic rings. The van der Waals surface area contributed by atoms with Crippen molar-refractivity contribution in [1.29, 1.82) is 0 Å². The zero-order valence-corrected chi connectivity index (χ0v) is 7.91. The van der Waals surface area contributed by atoms with Crippen molar-refractivity contribution in [2.24, 2.45) is 5.92 Å². The third kappa shape index (κ3) is 2.48. The molecule has 0 radical (unpaired) electrons. The van der Waals surface area contributed by atoms with E-state index >= 15 is 0 Å². The van der Waals surface area contributed by atoms with E-state index in [-0.39, 0.29) is 0 Å². The van der Waals surface area contributed by atoms with Gasteiger partial charge in [-0.2, -0.15) is 0 Å². The lowest BCUT2D eigenvalue weighted by molar-refractivity contribution is 0.420. The summed E-state index contributed by atoms with van der Waals surface area (Å²) in [6.07, 6.45) is 13.1. The van der Waals surface area contributed by atoms with Gasteiger partial charge in [0.25, 0.3) is 0 Å². The zero-order chi connectivity index (χ0) is 8.93. The van der Waals surface area contributed by atoms with Gasteiger partial charge in [-0.25, -0.2) is 0 Å². The number of hydrogen-bond donors (Lipinski definition) is 0. The average Bonchev–Trinajstić information content (AvgIpc) is 2.69. The first-order valence-electron chi connectivity index (χ1n) is 5.17. The molecule has 1 heterocycles. The Labute approximate surface area is 79.4 Å². The summed E-state index contributed by atoms with van der Waals surface area (Å²) in [5, 5.41) is 0. The van der Waals surface area contributed by atoms with E-state index in [4.69, 9.17) is 4.42 Å². The van der Waals surface area contributed by atoms with Crippen LogP contribution in [-0.4, -0.2) is 0 Å². The molecule has 0 N–H and O–H groups in total. The van der Waals surface area contributed by atoms with Crippen LogP contribution in [0.25, 0.3) is 6.08 Å². The fourth-order valence-corrected chi connectivity index (χ4v) is 1.94. The van der Waals surface area contributed by atoms with Gasteiger partial charge in [-0.3, -0.25) is 0 Å². The van der Waals surface area contributed by atoms with E-state index in [9.17, 15) is 0 Å². The van der Waals surface area contributed by atoms with Crippen LogP contribution < -0.4 is 0 Å². The molecule has 0 atom stereocenters. The first-order chi connectivity index (χ1) is 6.45. The van der Waals surface area contributed by atoms with E-state index in [1.165, 1.54) is 32.1 Å². The summed E-state index contributed by atoms with van der Waals surface area (Å²) < 4.78 is 5.24. The van der Waals surface area contributed by atoms with Gasteiger partial charge in [-0.15, -0.1) is 0 Å². The summed E-state index contributed by atoms with van der Waals surface area (Å²) >= 11 is 0. The molecular formula is C12H16O. The number of hydrogen-bond acceptors (Lipinski definition) is 1. The van der Waals surface area contributed by atoms with Crippen molar-refractivity contribution in [2.45, 2.75) is 32.1 Å². The fourth-order valence-electron chi connectivity index (χ4n) is 1.94. The fraction of sp³-hybridized carbons (Fsp3) is 0.500. The molecule has 13 heavy (non-hydrogen) atoms. The van der Waals surface area contributed by atoms with Crippen molar-refractivity contribution in [3.63, 3.8) is 0 Å². The Morgan fingerprint density at radius 2 is 2.08 bits per heavy atom. The molecule has 1 aromatic rings. The summed E-state index contributed by atoms with van der Waals surface area (Å²) in [6.45, 7) is 0. The topological polar surface area (TPSA) is 13.1 Å². The van der Waals surface area contributed by atoms with Gasteiger partial charge in [0.15, 0.2) is 0 Å². The molecule has 0 amide bonds. The highest BCUT2D eigenvalue weighted by atomic mass is 16.3. The second-order valence-corrected chi connectivity index (χ2v) is 3.77. The molecule has 1 heteroatoms. The number of allylic oxidation sites excluding steroid dienone is 1. The van der Waals surface area contributed by atoms with Gasteiger partial charge in [0.1, 0.15) is 5.76 Å². The van der Waals surface area contributed by atoms with Crippen molar-refractivity contribution in [3.8, 4) is 0 Å². The molecule has 70 valence electrons. The van der Waals surface area contributed by atoms with Gasteiger partial charge in [-0.05, 0) is 37.0 Å². The Bertz CT molecular complexity index is 253. The predicted octanol–water partition coefficient (Wildman–Crippen LogP) is 3.87. The highest BCUT2D eigenvalue weighted by molar-refractivity contribution is 5.42. The minimum absolute atomic E-state index is 0.791. The molecule has 1 fully saturated rings. The van der Waals surface area contributed by atoms with Crippen molar-refractivity contribution in [1.82, 2.24) is 0 Å². The average molecular weight is 176 g/mol. The first-order valence-corrected chi connectivity index (χ1v) is 5.17. The lowest BCUT2D eigenvalue weighted by Gasteiger charge is -2.17. The highest BCUT2D eigenvalue weighted by Gasteiger charge is 2.09. The summed E-state index contributed by atoms with van der Waals surface area (Å²) in [5.41, 5.74) is 0. The highest BCUT2D eigenvalue weighted by Crippen LogP contribution is 2.25. The van der Waals surface area contributed by atoms with E-state index in [0.717, 1.165) is 11.7 Å². The maximum Gasteiger partial charge on any atom is 0.126 e. The third-order valence-corrected chi connectivity index (χ3v) is 2.73. The molecule has 0 bridgehead atoms. The van der Waals surface area contributed by atoms with Crippen LogP contribution in [0.15, 0.2) is 28.9 Å².